The smallest absolute Gasteiger partial charge is 0.270 e. The first-order chi connectivity index (χ1) is 12.6. The Morgan fingerprint density at radius 3 is 2.48 bits per heavy atom. The van der Waals surface area contributed by atoms with E-state index in [4.69, 9.17) is 4.18 Å². The predicted molar refractivity (Wildman–Crippen MR) is 94.1 cm³/mol. The summed E-state index contributed by atoms with van der Waals surface area (Å²) in [6, 6.07) is 2.26. The van der Waals surface area contributed by atoms with Gasteiger partial charge in [-0.1, -0.05) is 13.3 Å². The molecule has 2 aromatic rings. The molecule has 150 valence electrons. The van der Waals surface area contributed by atoms with Crippen molar-refractivity contribution in [2.75, 3.05) is 12.9 Å². The maximum atomic E-state index is 12.7. The Morgan fingerprint density at radius 2 is 1.93 bits per heavy atom. The first-order valence-corrected chi connectivity index (χ1v) is 10.4. The van der Waals surface area contributed by atoms with E-state index in [-0.39, 0.29) is 6.61 Å². The molecule has 0 atom stereocenters. The van der Waals surface area contributed by atoms with E-state index in [1.165, 1.54) is 10.7 Å². The van der Waals surface area contributed by atoms with Gasteiger partial charge in [0.1, 0.15) is 0 Å². The second kappa shape index (κ2) is 8.83. The molecule has 0 radical (unpaired) electrons. The van der Waals surface area contributed by atoms with Crippen LogP contribution in [0.15, 0.2) is 24.5 Å². The van der Waals surface area contributed by atoms with Gasteiger partial charge in [-0.2, -0.15) is 26.7 Å². The Hall–Kier alpha value is -1.94. The molecule has 2 heterocycles. The summed E-state index contributed by atoms with van der Waals surface area (Å²) >= 11 is 0. The average molecular weight is 405 g/mol. The Morgan fingerprint density at radius 1 is 1.19 bits per heavy atom. The Bertz CT molecular complexity index is 847. The molecule has 0 saturated carbocycles. The lowest BCUT2D eigenvalue weighted by Gasteiger charge is -2.06. The molecule has 0 bridgehead atoms. The van der Waals surface area contributed by atoms with Gasteiger partial charge in [-0.25, -0.2) is 9.67 Å². The molecule has 0 amide bonds. The monoisotopic (exact) mass is 405 g/mol. The summed E-state index contributed by atoms with van der Waals surface area (Å²) in [7, 11) is -3.44. The molecule has 2 aromatic heterocycles. The van der Waals surface area contributed by atoms with Crippen LogP contribution in [0.3, 0.4) is 0 Å². The van der Waals surface area contributed by atoms with Crippen molar-refractivity contribution in [1.82, 2.24) is 14.8 Å². The normalized spacial score (nSPS) is 12.5. The third-order valence-corrected chi connectivity index (χ3v) is 4.41. The van der Waals surface area contributed by atoms with Gasteiger partial charge in [0.2, 0.25) is 0 Å². The third-order valence-electron chi connectivity index (χ3n) is 3.81. The maximum absolute atomic E-state index is 12.7. The van der Waals surface area contributed by atoms with Crippen LogP contribution in [0.5, 0.6) is 0 Å². The van der Waals surface area contributed by atoms with Crippen LogP contribution in [0.1, 0.15) is 43.0 Å². The van der Waals surface area contributed by atoms with Gasteiger partial charge in [0.05, 0.1) is 24.1 Å². The number of rotatable bonds is 9. The highest BCUT2D eigenvalue weighted by Gasteiger charge is 2.30. The van der Waals surface area contributed by atoms with Crippen LogP contribution >= 0.6 is 0 Å². The van der Waals surface area contributed by atoms with Crippen molar-refractivity contribution < 1.29 is 25.8 Å². The predicted octanol–water partition coefficient (Wildman–Crippen LogP) is 3.54. The molecule has 0 N–H and O–H groups in total. The van der Waals surface area contributed by atoms with Crippen LogP contribution in [0.25, 0.3) is 5.82 Å². The highest BCUT2D eigenvalue weighted by molar-refractivity contribution is 7.85. The number of aryl methyl sites for hydroxylation is 2. The first kappa shape index (κ1) is 21.4. The first-order valence-electron chi connectivity index (χ1n) is 8.55. The lowest BCUT2D eigenvalue weighted by molar-refractivity contribution is -0.137. The zero-order valence-electron chi connectivity index (χ0n) is 15.2. The largest absolute Gasteiger partial charge is 0.417 e. The van der Waals surface area contributed by atoms with E-state index < -0.39 is 21.9 Å². The van der Waals surface area contributed by atoms with E-state index in [0.717, 1.165) is 42.6 Å². The molecule has 0 fully saturated rings. The van der Waals surface area contributed by atoms with E-state index in [1.54, 1.807) is 6.20 Å². The number of halogens is 3. The van der Waals surface area contributed by atoms with Crippen molar-refractivity contribution >= 4 is 10.1 Å². The molecule has 0 aromatic carbocycles. The number of pyridine rings is 1. The van der Waals surface area contributed by atoms with Gasteiger partial charge in [-0.3, -0.25) is 4.18 Å². The maximum Gasteiger partial charge on any atom is 0.417 e. The average Bonchev–Trinajstić information content (AvgIpc) is 2.96. The minimum Gasteiger partial charge on any atom is -0.270 e. The molecule has 0 unspecified atom stereocenters. The second-order valence-corrected chi connectivity index (χ2v) is 7.83. The quantitative estimate of drug-likeness (QED) is 0.471. The number of unbranched alkanes of at least 4 members (excludes halogenated alkanes) is 1. The van der Waals surface area contributed by atoms with Crippen molar-refractivity contribution in [3.8, 4) is 5.82 Å². The van der Waals surface area contributed by atoms with Gasteiger partial charge in [-0.05, 0) is 43.4 Å². The fraction of sp³-hybridized carbons (Fsp3) is 0.529. The third kappa shape index (κ3) is 6.62. The highest BCUT2D eigenvalue weighted by atomic mass is 32.2. The van der Waals surface area contributed by atoms with Gasteiger partial charge >= 0.3 is 6.18 Å². The molecule has 0 aliphatic carbocycles. The number of hydrogen-bond donors (Lipinski definition) is 0. The minimum absolute atomic E-state index is 0.122. The molecule has 0 saturated heterocycles. The van der Waals surface area contributed by atoms with E-state index in [2.05, 4.69) is 10.1 Å². The van der Waals surface area contributed by atoms with Gasteiger partial charge in [-0.15, -0.1) is 0 Å². The van der Waals surface area contributed by atoms with Crippen LogP contribution < -0.4 is 0 Å². The summed E-state index contributed by atoms with van der Waals surface area (Å²) in [5.74, 6) is 0.312. The fourth-order valence-corrected chi connectivity index (χ4v) is 2.96. The lowest BCUT2D eigenvalue weighted by atomic mass is 10.1. The standard InChI is InChI=1S/C17H22F3N3O3S/c1-3-6-15-13(7-4-5-10-26-27(2,24)25)12-23(22-15)16-9-8-14(11-21-16)17(18,19)20/h8-9,11-12H,3-7,10H2,1-2H3. The summed E-state index contributed by atoms with van der Waals surface area (Å²) in [6.45, 7) is 2.13. The van der Waals surface area contributed by atoms with E-state index in [0.29, 0.717) is 25.1 Å². The number of aromatic nitrogens is 3. The molecular formula is C17H22F3N3O3S. The highest BCUT2D eigenvalue weighted by Crippen LogP contribution is 2.28. The lowest BCUT2D eigenvalue weighted by Crippen LogP contribution is -2.07. The van der Waals surface area contributed by atoms with Crippen molar-refractivity contribution in [2.24, 2.45) is 0 Å². The van der Waals surface area contributed by atoms with Crippen LogP contribution in [0, 0.1) is 0 Å². The number of alkyl halides is 3. The zero-order valence-corrected chi connectivity index (χ0v) is 16.0. The molecule has 0 aliphatic heterocycles. The van der Waals surface area contributed by atoms with Crippen LogP contribution in [0.4, 0.5) is 13.2 Å². The van der Waals surface area contributed by atoms with Crippen molar-refractivity contribution in [1.29, 1.82) is 0 Å². The molecule has 6 nitrogen and oxygen atoms in total. The van der Waals surface area contributed by atoms with E-state index in [1.807, 2.05) is 6.92 Å². The summed E-state index contributed by atoms with van der Waals surface area (Å²) < 4.78 is 66.0. The molecule has 10 heteroatoms. The molecule has 2 rings (SSSR count). The SMILES string of the molecule is CCCc1nn(-c2ccc(C(F)(F)F)cn2)cc1CCCCOS(C)(=O)=O. The van der Waals surface area contributed by atoms with Gasteiger partial charge in [0.25, 0.3) is 10.1 Å². The number of nitrogens with zero attached hydrogens (tertiary/aromatic N) is 3. The van der Waals surface area contributed by atoms with E-state index >= 15 is 0 Å². The van der Waals surface area contributed by atoms with Crippen LogP contribution in [-0.4, -0.2) is 36.0 Å². The Balaban J connectivity index is 2.07. The van der Waals surface area contributed by atoms with Crippen molar-refractivity contribution in [3.05, 3.63) is 41.3 Å². The second-order valence-electron chi connectivity index (χ2n) is 6.18. The molecule has 0 aliphatic rings. The summed E-state index contributed by atoms with van der Waals surface area (Å²) in [5, 5.41) is 4.45. The summed E-state index contributed by atoms with van der Waals surface area (Å²) in [4.78, 5) is 3.86. The van der Waals surface area contributed by atoms with Gasteiger partial charge in [0, 0.05) is 12.4 Å². The molecule has 0 spiro atoms. The van der Waals surface area contributed by atoms with Crippen molar-refractivity contribution in [2.45, 2.75) is 45.2 Å². The Labute approximate surface area is 156 Å². The summed E-state index contributed by atoms with van der Waals surface area (Å²) in [6.07, 6.45) is 2.70. The topological polar surface area (TPSA) is 74.1 Å². The van der Waals surface area contributed by atoms with Gasteiger partial charge in [0.15, 0.2) is 5.82 Å². The number of hydrogen-bond acceptors (Lipinski definition) is 5. The van der Waals surface area contributed by atoms with Crippen molar-refractivity contribution in [3.63, 3.8) is 0 Å². The van der Waals surface area contributed by atoms with Gasteiger partial charge < -0.3 is 0 Å². The Kier molecular flexibility index (Phi) is 6.99. The molecular weight excluding hydrogens is 383 g/mol. The van der Waals surface area contributed by atoms with Crippen LogP contribution in [0.2, 0.25) is 0 Å². The zero-order chi connectivity index (χ0) is 20.1. The van der Waals surface area contributed by atoms with Crippen LogP contribution in [-0.2, 0) is 33.3 Å². The van der Waals surface area contributed by atoms with E-state index in [9.17, 15) is 21.6 Å². The minimum atomic E-state index is -4.43. The summed E-state index contributed by atoms with van der Waals surface area (Å²) in [5.41, 5.74) is 1.03. The molecule has 27 heavy (non-hydrogen) atoms. The fourth-order valence-electron chi connectivity index (χ4n) is 2.54.